The van der Waals surface area contributed by atoms with Gasteiger partial charge in [-0.1, -0.05) is 0 Å². The monoisotopic (exact) mass is 254 g/mol. The summed E-state index contributed by atoms with van der Waals surface area (Å²) < 4.78 is 11.4. The molecule has 1 rings (SSSR count). The van der Waals surface area contributed by atoms with Gasteiger partial charge in [-0.25, -0.2) is 0 Å². The van der Waals surface area contributed by atoms with Crippen molar-refractivity contribution >= 4 is 25.9 Å². The van der Waals surface area contributed by atoms with E-state index in [-0.39, 0.29) is 12.5 Å². The van der Waals surface area contributed by atoms with E-state index in [1.165, 1.54) is 0 Å². The number of rotatable bonds is 4. The maximum atomic E-state index is 10.8. The van der Waals surface area contributed by atoms with Crippen LogP contribution in [0.3, 0.4) is 0 Å². The summed E-state index contributed by atoms with van der Waals surface area (Å²) >= 11 is -0.958. The molecule has 14 heavy (non-hydrogen) atoms. The number of carbonyl (C=O) groups excluding carboxylic acids is 1. The second-order valence-electron chi connectivity index (χ2n) is 2.74. The van der Waals surface area contributed by atoms with Crippen molar-refractivity contribution in [2.24, 2.45) is 5.73 Å². The Hall–Kier alpha value is -0.992. The molecule has 5 heteroatoms. The van der Waals surface area contributed by atoms with E-state index in [0.717, 1.165) is 9.91 Å². The van der Waals surface area contributed by atoms with Crippen molar-refractivity contribution in [3.8, 4) is 0 Å². The molecule has 0 aliphatic carbocycles. The van der Waals surface area contributed by atoms with E-state index < -0.39 is 15.7 Å². The maximum absolute atomic E-state index is 10.8. The second-order valence-corrected chi connectivity index (χ2v) is 4.21. The summed E-state index contributed by atoms with van der Waals surface area (Å²) in [6.45, 7) is 0.467. The predicted octanol–water partition coefficient (Wildman–Crippen LogP) is -1.06. The Morgan fingerprint density at radius 1 is 1.36 bits per heavy atom. The molecule has 0 unspecified atom stereocenters. The first kappa shape index (κ1) is 11.1. The van der Waals surface area contributed by atoms with Crippen molar-refractivity contribution < 1.29 is 8.53 Å². The summed E-state index contributed by atoms with van der Waals surface area (Å²) in [5, 5.41) is 2.65. The van der Waals surface area contributed by atoms with Gasteiger partial charge in [-0.2, -0.15) is 0 Å². The molecule has 0 radical (unpaired) electrons. The fraction of sp³-hybridized carbons (Fsp3) is 0.222. The van der Waals surface area contributed by atoms with Crippen LogP contribution < -0.4 is 15.4 Å². The third kappa shape index (κ3) is 3.40. The average molecular weight is 254 g/mol. The van der Waals surface area contributed by atoms with Crippen LogP contribution in [-0.4, -0.2) is 28.1 Å². The molecule has 0 fully saturated rings. The summed E-state index contributed by atoms with van der Waals surface area (Å²) in [5.74, 6) is -0.177. The summed E-state index contributed by atoms with van der Waals surface area (Å²) in [4.78, 5) is 10.8. The van der Waals surface area contributed by atoms with Gasteiger partial charge in [0.1, 0.15) is 0 Å². The van der Waals surface area contributed by atoms with Crippen molar-refractivity contribution in [3.05, 3.63) is 29.8 Å². The van der Waals surface area contributed by atoms with Crippen LogP contribution in [0.15, 0.2) is 24.3 Å². The Labute approximate surface area is 88.8 Å². The molecule has 0 saturated heterocycles. The standard InChI is InChI=1S/C9H11AsN2O2/c11-5-9(13)12-6-7-1-3-8(10-14)4-2-7/h1-4H,5-6,11H2,(H,12,13). The van der Waals surface area contributed by atoms with Gasteiger partial charge in [-0.05, 0) is 0 Å². The number of amides is 1. The number of benzene rings is 1. The van der Waals surface area contributed by atoms with Gasteiger partial charge in [0.05, 0.1) is 0 Å². The van der Waals surface area contributed by atoms with Gasteiger partial charge in [0.2, 0.25) is 0 Å². The molecule has 0 spiro atoms. The number of nitrogens with two attached hydrogens (primary N) is 1. The number of hydrogen-bond acceptors (Lipinski definition) is 3. The molecule has 1 amide bonds. The van der Waals surface area contributed by atoms with Crippen LogP contribution in [-0.2, 0) is 15.1 Å². The minimum atomic E-state index is -0.958. The second kappa shape index (κ2) is 5.68. The van der Waals surface area contributed by atoms with Crippen molar-refractivity contribution in [1.82, 2.24) is 5.32 Å². The fourth-order valence-electron chi connectivity index (χ4n) is 0.947. The first-order valence-corrected chi connectivity index (χ1v) is 5.85. The molecule has 0 aromatic heterocycles. The molecule has 74 valence electrons. The molecule has 0 saturated carbocycles. The van der Waals surface area contributed by atoms with Crippen LogP contribution in [0.2, 0.25) is 0 Å². The third-order valence-corrected chi connectivity index (χ3v) is 2.78. The summed E-state index contributed by atoms with van der Waals surface area (Å²) in [6.07, 6.45) is 0. The first-order valence-electron chi connectivity index (χ1n) is 4.15. The molecule has 4 nitrogen and oxygen atoms in total. The predicted molar refractivity (Wildman–Crippen MR) is 53.4 cm³/mol. The first-order chi connectivity index (χ1) is 6.76. The van der Waals surface area contributed by atoms with Gasteiger partial charge in [-0.3, -0.25) is 0 Å². The molecule has 1 aromatic rings. The summed E-state index contributed by atoms with van der Waals surface area (Å²) in [6, 6.07) is 7.30. The Morgan fingerprint density at radius 2 is 2.00 bits per heavy atom. The molecule has 0 atom stereocenters. The van der Waals surface area contributed by atoms with Crippen molar-refractivity contribution in [2.45, 2.75) is 6.54 Å². The van der Waals surface area contributed by atoms with E-state index in [9.17, 15) is 8.53 Å². The van der Waals surface area contributed by atoms with E-state index >= 15 is 0 Å². The Bertz CT molecular complexity index is 324. The van der Waals surface area contributed by atoms with E-state index in [1.54, 1.807) is 12.1 Å². The quantitative estimate of drug-likeness (QED) is 0.672. The minimum absolute atomic E-state index is 0.00328. The van der Waals surface area contributed by atoms with Crippen molar-refractivity contribution in [3.63, 3.8) is 0 Å². The Balaban J connectivity index is 2.51. The van der Waals surface area contributed by atoms with Gasteiger partial charge in [-0.15, -0.1) is 0 Å². The zero-order valence-electron chi connectivity index (χ0n) is 7.56. The molecule has 0 aliphatic rings. The number of carbonyl (C=O) groups is 1. The average Bonchev–Trinajstić information content (AvgIpc) is 2.26. The van der Waals surface area contributed by atoms with E-state index in [1.807, 2.05) is 12.1 Å². The molecular formula is C9H11AsN2O2. The van der Waals surface area contributed by atoms with Gasteiger partial charge < -0.3 is 0 Å². The van der Waals surface area contributed by atoms with Gasteiger partial charge in [0, 0.05) is 0 Å². The zero-order chi connectivity index (χ0) is 10.4. The Morgan fingerprint density at radius 3 is 2.50 bits per heavy atom. The molecule has 1 aromatic carbocycles. The molecule has 0 heterocycles. The van der Waals surface area contributed by atoms with Gasteiger partial charge in [0.25, 0.3) is 0 Å². The molecule has 0 aliphatic heterocycles. The van der Waals surface area contributed by atoms with Gasteiger partial charge in [0.15, 0.2) is 0 Å². The normalized spacial score (nSPS) is 10.1. The zero-order valence-corrected chi connectivity index (χ0v) is 9.44. The van der Waals surface area contributed by atoms with E-state index in [0.29, 0.717) is 6.54 Å². The van der Waals surface area contributed by atoms with Crippen LogP contribution >= 0.6 is 0 Å². The summed E-state index contributed by atoms with van der Waals surface area (Å²) in [5.41, 5.74) is 6.11. The molecule has 0 bridgehead atoms. The van der Waals surface area contributed by atoms with Crippen LogP contribution in [0.25, 0.3) is 0 Å². The molecule has 3 N–H and O–H groups in total. The summed E-state index contributed by atoms with van der Waals surface area (Å²) in [7, 11) is 0. The topological polar surface area (TPSA) is 72.2 Å². The van der Waals surface area contributed by atoms with Crippen LogP contribution in [0.1, 0.15) is 5.56 Å². The van der Waals surface area contributed by atoms with E-state index in [2.05, 4.69) is 5.32 Å². The van der Waals surface area contributed by atoms with E-state index in [4.69, 9.17) is 5.73 Å². The van der Waals surface area contributed by atoms with Crippen molar-refractivity contribution in [1.29, 1.82) is 0 Å². The van der Waals surface area contributed by atoms with Crippen LogP contribution in [0.5, 0.6) is 0 Å². The molecular weight excluding hydrogens is 243 g/mol. The van der Waals surface area contributed by atoms with Crippen LogP contribution in [0.4, 0.5) is 0 Å². The SMILES string of the molecule is NCC(=O)NCc1ccc([As]=O)cc1. The van der Waals surface area contributed by atoms with Crippen molar-refractivity contribution in [2.75, 3.05) is 6.54 Å². The fourth-order valence-corrected chi connectivity index (χ4v) is 1.52. The number of nitrogens with one attached hydrogen (secondary N) is 1. The van der Waals surface area contributed by atoms with Crippen LogP contribution in [0, 0.1) is 0 Å². The van der Waals surface area contributed by atoms with Gasteiger partial charge >= 0.3 is 88.5 Å². The number of hydrogen-bond donors (Lipinski definition) is 2. The Kier molecular flexibility index (Phi) is 4.50. The third-order valence-electron chi connectivity index (χ3n) is 1.72.